The van der Waals surface area contributed by atoms with Gasteiger partial charge in [-0.25, -0.2) is 17.9 Å². The van der Waals surface area contributed by atoms with Crippen molar-refractivity contribution < 1.29 is 25.8 Å². The summed E-state index contributed by atoms with van der Waals surface area (Å²) in [6, 6.07) is 7.77. The number of sulfonamides is 1. The van der Waals surface area contributed by atoms with Crippen LogP contribution >= 0.6 is 0 Å². The van der Waals surface area contributed by atoms with Crippen LogP contribution in [-0.2, 0) is 20.1 Å². The van der Waals surface area contributed by atoms with E-state index in [0.717, 1.165) is 30.3 Å². The van der Waals surface area contributed by atoms with Crippen molar-refractivity contribution in [3.8, 4) is 17.2 Å². The van der Waals surface area contributed by atoms with Gasteiger partial charge in [-0.2, -0.15) is 13.7 Å². The SMILES string of the molecule is N#Cc1c(F)cccc1-c1c(S(N)(=O)=O)cccc1S(=O)(=O)O. The zero-order valence-electron chi connectivity index (χ0n) is 11.3. The molecule has 0 spiro atoms. The number of rotatable bonds is 3. The highest BCUT2D eigenvalue weighted by Gasteiger charge is 2.26. The van der Waals surface area contributed by atoms with Gasteiger partial charge in [-0.3, -0.25) is 4.55 Å². The third kappa shape index (κ3) is 3.22. The third-order valence-electron chi connectivity index (χ3n) is 2.97. The monoisotopic (exact) mass is 356 g/mol. The summed E-state index contributed by atoms with van der Waals surface area (Å²) in [5.74, 6) is -0.976. The Labute approximate surface area is 131 Å². The van der Waals surface area contributed by atoms with Crippen LogP contribution in [0.2, 0.25) is 0 Å². The Morgan fingerprint density at radius 3 is 2.13 bits per heavy atom. The molecule has 0 radical (unpaired) electrons. The molecule has 0 fully saturated rings. The van der Waals surface area contributed by atoms with E-state index in [1.165, 1.54) is 12.1 Å². The molecule has 0 unspecified atom stereocenters. The van der Waals surface area contributed by atoms with Crippen molar-refractivity contribution in [3.63, 3.8) is 0 Å². The molecule has 2 aromatic rings. The standard InChI is InChI=1S/C13H9FN2O5S2/c14-10-4-1-3-8(9(10)7-15)13-11(22(16,17)18)5-2-6-12(13)23(19,20)21/h1-6H,(H2,16,17,18)(H,19,20,21). The van der Waals surface area contributed by atoms with Crippen LogP contribution in [0, 0.1) is 17.1 Å². The molecule has 2 aromatic carbocycles. The average Bonchev–Trinajstić information content (AvgIpc) is 2.44. The van der Waals surface area contributed by atoms with Crippen LogP contribution in [0.15, 0.2) is 46.2 Å². The average molecular weight is 356 g/mol. The van der Waals surface area contributed by atoms with Crippen LogP contribution in [0.3, 0.4) is 0 Å². The molecule has 0 heterocycles. The number of nitriles is 1. The molecule has 2 rings (SSSR count). The van der Waals surface area contributed by atoms with E-state index in [1.807, 2.05) is 0 Å². The summed E-state index contributed by atoms with van der Waals surface area (Å²) < 4.78 is 69.6. The number of nitrogens with zero attached hydrogens (tertiary/aromatic N) is 1. The van der Waals surface area contributed by atoms with Gasteiger partial charge in [0.15, 0.2) is 0 Å². The highest BCUT2D eigenvalue weighted by molar-refractivity contribution is 7.89. The highest BCUT2D eigenvalue weighted by Crippen LogP contribution is 2.35. The van der Waals surface area contributed by atoms with Crippen molar-refractivity contribution in [2.75, 3.05) is 0 Å². The number of primary sulfonamides is 1. The maximum Gasteiger partial charge on any atom is 0.295 e. The fourth-order valence-electron chi connectivity index (χ4n) is 2.07. The van der Waals surface area contributed by atoms with Crippen molar-refractivity contribution in [1.82, 2.24) is 0 Å². The Morgan fingerprint density at radius 2 is 1.61 bits per heavy atom. The molecule has 0 aromatic heterocycles. The number of halogens is 1. The van der Waals surface area contributed by atoms with Gasteiger partial charge in [0, 0.05) is 11.1 Å². The molecule has 0 aliphatic carbocycles. The molecular weight excluding hydrogens is 347 g/mol. The summed E-state index contributed by atoms with van der Waals surface area (Å²) in [5.41, 5.74) is -1.45. The quantitative estimate of drug-likeness (QED) is 0.794. The second-order valence-corrected chi connectivity index (χ2v) is 7.34. The zero-order valence-corrected chi connectivity index (χ0v) is 12.9. The van der Waals surface area contributed by atoms with Gasteiger partial charge in [-0.1, -0.05) is 18.2 Å². The zero-order chi connectivity index (χ0) is 17.4. The lowest BCUT2D eigenvalue weighted by atomic mass is 10.00. The fraction of sp³-hybridized carbons (Fsp3) is 0. The van der Waals surface area contributed by atoms with Crippen LogP contribution in [0.25, 0.3) is 11.1 Å². The molecule has 0 aliphatic heterocycles. The van der Waals surface area contributed by atoms with E-state index in [1.54, 1.807) is 0 Å². The van der Waals surface area contributed by atoms with Crippen LogP contribution in [-0.4, -0.2) is 21.4 Å². The van der Waals surface area contributed by atoms with Gasteiger partial charge in [-0.15, -0.1) is 0 Å². The molecular formula is C13H9FN2O5S2. The van der Waals surface area contributed by atoms with Crippen LogP contribution in [0.1, 0.15) is 5.56 Å². The van der Waals surface area contributed by atoms with E-state index in [-0.39, 0.29) is 5.56 Å². The summed E-state index contributed by atoms with van der Waals surface area (Å²) in [7, 11) is -9.26. The first-order valence-corrected chi connectivity index (χ1v) is 8.88. The Kier molecular flexibility index (Phi) is 4.23. The summed E-state index contributed by atoms with van der Waals surface area (Å²) in [4.78, 5) is -1.46. The van der Waals surface area contributed by atoms with Gasteiger partial charge in [0.25, 0.3) is 10.1 Å². The maximum atomic E-state index is 13.8. The Morgan fingerprint density at radius 1 is 1.04 bits per heavy atom. The van der Waals surface area contributed by atoms with E-state index in [4.69, 9.17) is 10.4 Å². The Balaban J connectivity index is 3.09. The van der Waals surface area contributed by atoms with Gasteiger partial charge in [0.05, 0.1) is 10.5 Å². The molecule has 0 amide bonds. The van der Waals surface area contributed by atoms with Crippen LogP contribution < -0.4 is 5.14 Å². The van der Waals surface area contributed by atoms with E-state index in [9.17, 15) is 25.8 Å². The van der Waals surface area contributed by atoms with E-state index < -0.39 is 46.9 Å². The van der Waals surface area contributed by atoms with E-state index in [0.29, 0.717) is 0 Å². The predicted molar refractivity (Wildman–Crippen MR) is 77.7 cm³/mol. The van der Waals surface area contributed by atoms with Crippen molar-refractivity contribution in [2.45, 2.75) is 9.79 Å². The molecule has 0 saturated carbocycles. The number of benzene rings is 2. The van der Waals surface area contributed by atoms with Crippen LogP contribution in [0.5, 0.6) is 0 Å². The van der Waals surface area contributed by atoms with Crippen molar-refractivity contribution >= 4 is 20.1 Å². The van der Waals surface area contributed by atoms with Gasteiger partial charge in [-0.05, 0) is 18.2 Å². The van der Waals surface area contributed by atoms with Gasteiger partial charge < -0.3 is 0 Å². The lowest BCUT2D eigenvalue weighted by Crippen LogP contribution is -2.15. The molecule has 120 valence electrons. The highest BCUT2D eigenvalue weighted by atomic mass is 32.2. The summed E-state index contributed by atoms with van der Waals surface area (Å²) >= 11 is 0. The minimum absolute atomic E-state index is 0.315. The molecule has 0 atom stereocenters. The molecule has 7 nitrogen and oxygen atoms in total. The molecule has 23 heavy (non-hydrogen) atoms. The first-order valence-electron chi connectivity index (χ1n) is 5.89. The second-order valence-electron chi connectivity index (χ2n) is 4.42. The smallest absolute Gasteiger partial charge is 0.282 e. The summed E-state index contributed by atoms with van der Waals surface area (Å²) in [6.07, 6.45) is 0. The largest absolute Gasteiger partial charge is 0.295 e. The predicted octanol–water partition coefficient (Wildman–Crippen LogP) is 1.26. The van der Waals surface area contributed by atoms with Gasteiger partial charge in [0.2, 0.25) is 10.0 Å². The lowest BCUT2D eigenvalue weighted by molar-refractivity contribution is 0.483. The Hall–Kier alpha value is -2.32. The summed E-state index contributed by atoms with van der Waals surface area (Å²) in [6.45, 7) is 0. The lowest BCUT2D eigenvalue weighted by Gasteiger charge is -2.13. The number of nitrogens with two attached hydrogens (primary N) is 1. The maximum absolute atomic E-state index is 13.8. The van der Waals surface area contributed by atoms with Crippen LogP contribution in [0.4, 0.5) is 4.39 Å². The normalized spacial score (nSPS) is 11.9. The van der Waals surface area contributed by atoms with Crippen molar-refractivity contribution in [2.24, 2.45) is 5.14 Å². The van der Waals surface area contributed by atoms with Gasteiger partial charge >= 0.3 is 0 Å². The third-order valence-corrected chi connectivity index (χ3v) is 4.82. The topological polar surface area (TPSA) is 138 Å². The number of hydrogen-bond donors (Lipinski definition) is 2. The molecule has 0 bridgehead atoms. The molecule has 0 saturated heterocycles. The second kappa shape index (κ2) is 5.71. The van der Waals surface area contributed by atoms with Crippen molar-refractivity contribution in [3.05, 3.63) is 47.8 Å². The van der Waals surface area contributed by atoms with Gasteiger partial charge in [0.1, 0.15) is 16.8 Å². The molecule has 10 heteroatoms. The van der Waals surface area contributed by atoms with Crippen molar-refractivity contribution in [1.29, 1.82) is 5.26 Å². The van der Waals surface area contributed by atoms with E-state index >= 15 is 0 Å². The van der Waals surface area contributed by atoms with E-state index in [2.05, 4.69) is 0 Å². The fourth-order valence-corrected chi connectivity index (χ4v) is 3.64. The Bertz CT molecular complexity index is 990. The first-order chi connectivity index (χ1) is 10.6. The minimum atomic E-state index is -4.85. The molecule has 3 N–H and O–H groups in total. The minimum Gasteiger partial charge on any atom is -0.282 e. The summed E-state index contributed by atoms with van der Waals surface area (Å²) in [5, 5.41) is 14.1. The molecule has 0 aliphatic rings. The number of hydrogen-bond acceptors (Lipinski definition) is 5. The first kappa shape index (κ1) is 17.0.